The third-order valence-corrected chi connectivity index (χ3v) is 4.91. The monoisotopic (exact) mass is 384 g/mol. The molecular formula is C22H25ClN2O2. The first-order chi connectivity index (χ1) is 12.9. The first-order valence-corrected chi connectivity index (χ1v) is 9.72. The average molecular weight is 385 g/mol. The maximum Gasteiger partial charge on any atom is 0.224 e. The molecule has 1 saturated carbocycles. The van der Waals surface area contributed by atoms with E-state index < -0.39 is 0 Å². The lowest BCUT2D eigenvalue weighted by Gasteiger charge is -2.10. The lowest BCUT2D eigenvalue weighted by atomic mass is 10.1. The largest absolute Gasteiger partial charge is 0.352 e. The molecule has 2 N–H and O–H groups in total. The van der Waals surface area contributed by atoms with Gasteiger partial charge < -0.3 is 10.6 Å². The Labute approximate surface area is 165 Å². The van der Waals surface area contributed by atoms with Crippen LogP contribution in [0.25, 0.3) is 0 Å². The van der Waals surface area contributed by atoms with E-state index in [0.29, 0.717) is 23.9 Å². The van der Waals surface area contributed by atoms with Gasteiger partial charge in [-0.1, -0.05) is 49.7 Å². The Kier molecular flexibility index (Phi) is 6.17. The molecule has 1 fully saturated rings. The maximum atomic E-state index is 12.4. The van der Waals surface area contributed by atoms with Gasteiger partial charge in [-0.15, -0.1) is 0 Å². The molecule has 2 aromatic carbocycles. The molecule has 1 aliphatic carbocycles. The Morgan fingerprint density at radius 3 is 2.67 bits per heavy atom. The summed E-state index contributed by atoms with van der Waals surface area (Å²) in [5.74, 6) is 0.656. The van der Waals surface area contributed by atoms with Crippen molar-refractivity contribution in [3.63, 3.8) is 0 Å². The third kappa shape index (κ3) is 5.57. The third-order valence-electron chi connectivity index (χ3n) is 4.68. The van der Waals surface area contributed by atoms with Gasteiger partial charge in [-0.25, -0.2) is 0 Å². The van der Waals surface area contributed by atoms with Crippen molar-refractivity contribution in [3.05, 3.63) is 64.7 Å². The molecule has 2 aromatic rings. The second-order valence-electron chi connectivity index (χ2n) is 7.57. The highest BCUT2D eigenvalue weighted by atomic mass is 35.5. The van der Waals surface area contributed by atoms with Crippen molar-refractivity contribution in [1.82, 2.24) is 5.32 Å². The van der Waals surface area contributed by atoms with Crippen LogP contribution in [0, 0.1) is 11.8 Å². The van der Waals surface area contributed by atoms with Crippen molar-refractivity contribution in [3.8, 4) is 0 Å². The van der Waals surface area contributed by atoms with Gasteiger partial charge in [-0.05, 0) is 53.6 Å². The van der Waals surface area contributed by atoms with Crippen LogP contribution in [0.5, 0.6) is 0 Å². The normalized spacial score (nSPS) is 18.2. The first kappa shape index (κ1) is 19.4. The van der Waals surface area contributed by atoms with Crippen molar-refractivity contribution >= 4 is 29.1 Å². The quantitative estimate of drug-likeness (QED) is 0.724. The number of halogens is 1. The van der Waals surface area contributed by atoms with E-state index in [1.165, 1.54) is 0 Å². The number of hydrogen-bond acceptors (Lipinski definition) is 2. The molecule has 2 amide bonds. The molecule has 142 valence electrons. The van der Waals surface area contributed by atoms with Crippen LogP contribution in [0.4, 0.5) is 5.69 Å². The number of nitrogens with one attached hydrogen (secondary N) is 2. The number of rotatable bonds is 7. The Hall–Kier alpha value is -2.33. The van der Waals surface area contributed by atoms with Gasteiger partial charge in [0.1, 0.15) is 0 Å². The van der Waals surface area contributed by atoms with Crippen LogP contribution in [0.1, 0.15) is 43.7 Å². The van der Waals surface area contributed by atoms with Crippen LogP contribution in [0.3, 0.4) is 0 Å². The lowest BCUT2D eigenvalue weighted by Crippen LogP contribution is -2.25. The summed E-state index contributed by atoms with van der Waals surface area (Å²) in [6.07, 6.45) is 1.35. The number of carbonyl (C=O) groups excluding carboxylic acids is 2. The fourth-order valence-corrected chi connectivity index (χ4v) is 3.45. The molecule has 0 radical (unpaired) electrons. The Morgan fingerprint density at radius 2 is 1.93 bits per heavy atom. The number of amides is 2. The summed E-state index contributed by atoms with van der Waals surface area (Å²) in [7, 11) is 0. The molecule has 2 unspecified atom stereocenters. The summed E-state index contributed by atoms with van der Waals surface area (Å²) in [5, 5.41) is 6.61. The number of anilines is 1. The molecule has 2 atom stereocenters. The SMILES string of the molecule is CC(C)CC(=O)Nc1cccc(CNC(=O)C2CC2c2cccc(Cl)c2)c1. The van der Waals surface area contributed by atoms with Crippen LogP contribution < -0.4 is 10.6 Å². The van der Waals surface area contributed by atoms with Gasteiger partial charge in [0.05, 0.1) is 0 Å². The van der Waals surface area contributed by atoms with Crippen molar-refractivity contribution in [2.45, 2.75) is 39.2 Å². The molecule has 0 aliphatic heterocycles. The minimum absolute atomic E-state index is 0.00790. The van der Waals surface area contributed by atoms with Crippen LogP contribution in [0.2, 0.25) is 5.02 Å². The van der Waals surface area contributed by atoms with Gasteiger partial charge in [0.25, 0.3) is 0 Å². The molecule has 0 bridgehead atoms. The molecule has 1 aliphatic rings. The average Bonchev–Trinajstić information content (AvgIpc) is 3.40. The predicted octanol–water partition coefficient (Wildman–Crippen LogP) is 4.74. The predicted molar refractivity (Wildman–Crippen MR) is 109 cm³/mol. The van der Waals surface area contributed by atoms with Gasteiger partial charge in [-0.2, -0.15) is 0 Å². The van der Waals surface area contributed by atoms with Crippen LogP contribution in [0.15, 0.2) is 48.5 Å². The Balaban J connectivity index is 1.51. The number of hydrogen-bond donors (Lipinski definition) is 2. The van der Waals surface area contributed by atoms with E-state index in [4.69, 9.17) is 11.6 Å². The molecule has 0 spiro atoms. The minimum atomic E-state index is 0.00790. The maximum absolute atomic E-state index is 12.4. The van der Waals surface area contributed by atoms with Crippen molar-refractivity contribution < 1.29 is 9.59 Å². The minimum Gasteiger partial charge on any atom is -0.352 e. The topological polar surface area (TPSA) is 58.2 Å². The van der Waals surface area contributed by atoms with Crippen molar-refractivity contribution in [1.29, 1.82) is 0 Å². The molecule has 5 heteroatoms. The summed E-state index contributed by atoms with van der Waals surface area (Å²) < 4.78 is 0. The highest BCUT2D eigenvalue weighted by molar-refractivity contribution is 6.30. The van der Waals surface area contributed by atoms with Gasteiger partial charge in [0.2, 0.25) is 11.8 Å². The Bertz CT molecular complexity index is 835. The molecule has 3 rings (SSSR count). The van der Waals surface area contributed by atoms with Gasteiger partial charge in [0, 0.05) is 29.6 Å². The summed E-state index contributed by atoms with van der Waals surface area (Å²) in [5.41, 5.74) is 2.85. The van der Waals surface area contributed by atoms with Crippen LogP contribution in [-0.2, 0) is 16.1 Å². The van der Waals surface area contributed by atoms with Gasteiger partial charge in [0.15, 0.2) is 0 Å². The molecular weight excluding hydrogens is 360 g/mol. The van der Waals surface area contributed by atoms with Gasteiger partial charge in [-0.3, -0.25) is 9.59 Å². The van der Waals surface area contributed by atoms with E-state index >= 15 is 0 Å². The van der Waals surface area contributed by atoms with Gasteiger partial charge >= 0.3 is 0 Å². The Morgan fingerprint density at radius 1 is 1.15 bits per heavy atom. The number of carbonyl (C=O) groups is 2. The highest BCUT2D eigenvalue weighted by Gasteiger charge is 2.43. The van der Waals surface area contributed by atoms with E-state index in [9.17, 15) is 9.59 Å². The highest BCUT2D eigenvalue weighted by Crippen LogP contribution is 2.47. The zero-order chi connectivity index (χ0) is 19.4. The summed E-state index contributed by atoms with van der Waals surface area (Å²) in [4.78, 5) is 24.3. The smallest absolute Gasteiger partial charge is 0.224 e. The van der Waals surface area contributed by atoms with E-state index in [1.807, 2.05) is 62.4 Å². The molecule has 0 saturated heterocycles. The zero-order valence-electron chi connectivity index (χ0n) is 15.7. The first-order valence-electron chi connectivity index (χ1n) is 9.34. The summed E-state index contributed by atoms with van der Waals surface area (Å²) in [6.45, 7) is 4.48. The molecule has 4 nitrogen and oxygen atoms in total. The van der Waals surface area contributed by atoms with Crippen molar-refractivity contribution in [2.24, 2.45) is 11.8 Å². The van der Waals surface area contributed by atoms with E-state index in [1.54, 1.807) is 0 Å². The van der Waals surface area contributed by atoms with Crippen LogP contribution >= 0.6 is 11.6 Å². The summed E-state index contributed by atoms with van der Waals surface area (Å²) in [6, 6.07) is 15.3. The molecule has 27 heavy (non-hydrogen) atoms. The molecule has 0 aromatic heterocycles. The standard InChI is InChI=1S/C22H25ClN2O2/c1-14(2)9-21(26)25-18-8-3-5-15(10-18)13-24-22(27)20-12-19(20)16-6-4-7-17(23)11-16/h3-8,10-11,14,19-20H,9,12-13H2,1-2H3,(H,24,27)(H,25,26). The summed E-state index contributed by atoms with van der Waals surface area (Å²) >= 11 is 6.03. The lowest BCUT2D eigenvalue weighted by molar-refractivity contribution is -0.122. The van der Waals surface area contributed by atoms with E-state index in [0.717, 1.165) is 23.2 Å². The zero-order valence-corrected chi connectivity index (χ0v) is 16.4. The van der Waals surface area contributed by atoms with Crippen molar-refractivity contribution in [2.75, 3.05) is 5.32 Å². The number of benzene rings is 2. The fourth-order valence-electron chi connectivity index (χ4n) is 3.25. The van der Waals surface area contributed by atoms with E-state index in [-0.39, 0.29) is 23.7 Å². The molecule has 0 heterocycles. The van der Waals surface area contributed by atoms with E-state index in [2.05, 4.69) is 10.6 Å². The second-order valence-corrected chi connectivity index (χ2v) is 8.00. The van der Waals surface area contributed by atoms with Crippen LogP contribution in [-0.4, -0.2) is 11.8 Å². The fraction of sp³-hybridized carbons (Fsp3) is 0.364. The second kappa shape index (κ2) is 8.57.